The van der Waals surface area contributed by atoms with Gasteiger partial charge < -0.3 is 9.84 Å². The van der Waals surface area contributed by atoms with Gasteiger partial charge >= 0.3 is 5.76 Å². The van der Waals surface area contributed by atoms with Crippen LogP contribution in [0.2, 0.25) is 0 Å². The lowest BCUT2D eigenvalue weighted by Gasteiger charge is -2.04. The number of halogens is 3. The van der Waals surface area contributed by atoms with Crippen LogP contribution < -0.4 is 5.32 Å². The molecule has 0 aliphatic heterocycles. The van der Waals surface area contributed by atoms with Gasteiger partial charge in [0.2, 0.25) is 9.84 Å². The highest BCUT2D eigenvalue weighted by Gasteiger charge is 2.32. The van der Waals surface area contributed by atoms with E-state index in [2.05, 4.69) is 15.5 Å². The first kappa shape index (κ1) is 18.9. The molecule has 0 radical (unpaired) electrons. The average Bonchev–Trinajstić information content (AvgIpc) is 3.06. The normalized spacial score (nSPS) is 13.1. The van der Waals surface area contributed by atoms with Crippen LogP contribution in [0.3, 0.4) is 0 Å². The fraction of sp³-hybridized carbons (Fsp3) is 0.455. The van der Waals surface area contributed by atoms with Crippen molar-refractivity contribution in [2.75, 3.05) is 7.05 Å². The number of alkyl halides is 2. The fourth-order valence-corrected chi connectivity index (χ4v) is 3.66. The summed E-state index contributed by atoms with van der Waals surface area (Å²) < 4.78 is 53.4. The van der Waals surface area contributed by atoms with Gasteiger partial charge in [0, 0.05) is 12.5 Å². The summed E-state index contributed by atoms with van der Waals surface area (Å²) in [5, 5.41) is 8.11. The summed E-state index contributed by atoms with van der Waals surface area (Å²) in [5.74, 6) is -3.18. The summed E-state index contributed by atoms with van der Waals surface area (Å²) in [6, 6.07) is 1.21. The Morgan fingerprint density at radius 2 is 2.14 bits per heavy atom. The second kappa shape index (κ2) is 7.44. The molecule has 1 N–H and O–H groups in total. The zero-order chi connectivity index (χ0) is 15.6. The van der Waals surface area contributed by atoms with Crippen molar-refractivity contribution in [1.82, 2.24) is 15.5 Å². The number of rotatable bonds is 6. The van der Waals surface area contributed by atoms with Gasteiger partial charge in [0.25, 0.3) is 5.89 Å². The monoisotopic (exact) mass is 373 g/mol. The zero-order valence-electron chi connectivity index (χ0n) is 11.6. The lowest BCUT2D eigenvalue weighted by atomic mass is 10.2. The van der Waals surface area contributed by atoms with E-state index >= 15 is 0 Å². The first-order valence-corrected chi connectivity index (χ1v) is 8.38. The molecule has 0 fully saturated rings. The lowest BCUT2D eigenvalue weighted by Crippen LogP contribution is -2.24. The van der Waals surface area contributed by atoms with Gasteiger partial charge in [-0.15, -0.1) is 23.7 Å². The maximum atomic E-state index is 12.6. The predicted octanol–water partition coefficient (Wildman–Crippen LogP) is 2.37. The van der Waals surface area contributed by atoms with E-state index in [-0.39, 0.29) is 29.2 Å². The third-order valence-corrected chi connectivity index (χ3v) is 5.27. The molecule has 2 aromatic rings. The summed E-state index contributed by atoms with van der Waals surface area (Å²) in [6.07, 6.45) is 0.475. The molecule has 124 valence electrons. The van der Waals surface area contributed by atoms with E-state index in [0.717, 1.165) is 17.4 Å². The first-order valence-electron chi connectivity index (χ1n) is 5.96. The zero-order valence-corrected chi connectivity index (χ0v) is 14.1. The third-order valence-electron chi connectivity index (χ3n) is 2.81. The predicted molar refractivity (Wildman–Crippen MR) is 80.3 cm³/mol. The summed E-state index contributed by atoms with van der Waals surface area (Å²) in [6.45, 7) is 1.91. The number of nitrogens with one attached hydrogen (secondary N) is 1. The van der Waals surface area contributed by atoms with Crippen molar-refractivity contribution in [2.45, 2.75) is 30.0 Å². The summed E-state index contributed by atoms with van der Waals surface area (Å²) in [4.78, 5) is 3.60. The molecule has 0 aliphatic rings. The molecule has 0 spiro atoms. The smallest absolute Gasteiger partial charge is 0.333 e. The van der Waals surface area contributed by atoms with E-state index in [4.69, 9.17) is 4.52 Å². The van der Waals surface area contributed by atoms with Gasteiger partial charge in [0.15, 0.2) is 5.82 Å². The van der Waals surface area contributed by atoms with Crippen LogP contribution in [0.1, 0.15) is 12.7 Å². The number of thiophene rings is 1. The Morgan fingerprint density at radius 3 is 2.73 bits per heavy atom. The van der Waals surface area contributed by atoms with Crippen LogP contribution in [-0.4, -0.2) is 37.4 Å². The Morgan fingerprint density at radius 1 is 1.45 bits per heavy atom. The Balaban J connectivity index is 0.00000242. The van der Waals surface area contributed by atoms with Crippen LogP contribution in [-0.2, 0) is 16.3 Å². The van der Waals surface area contributed by atoms with E-state index in [9.17, 15) is 17.2 Å². The average molecular weight is 374 g/mol. The van der Waals surface area contributed by atoms with Crippen LogP contribution in [0, 0.1) is 0 Å². The summed E-state index contributed by atoms with van der Waals surface area (Å²) in [5.41, 5.74) is 0. The van der Waals surface area contributed by atoms with Crippen molar-refractivity contribution in [3.05, 3.63) is 17.3 Å². The maximum absolute atomic E-state index is 12.6. The van der Waals surface area contributed by atoms with Crippen molar-refractivity contribution in [1.29, 1.82) is 0 Å². The molecule has 1 unspecified atom stereocenters. The molecule has 2 aromatic heterocycles. The van der Waals surface area contributed by atoms with Crippen LogP contribution in [0.15, 0.2) is 20.9 Å². The van der Waals surface area contributed by atoms with Crippen LogP contribution in [0.5, 0.6) is 0 Å². The molecule has 6 nitrogen and oxygen atoms in total. The fourth-order valence-electron chi connectivity index (χ4n) is 1.58. The first-order chi connectivity index (χ1) is 9.86. The van der Waals surface area contributed by atoms with E-state index in [0.29, 0.717) is 12.2 Å². The highest BCUT2D eigenvalue weighted by atomic mass is 35.5. The summed E-state index contributed by atoms with van der Waals surface area (Å²) in [7, 11) is -2.92. The number of likely N-dealkylation sites (N-methyl/N-ethyl adjacent to an activating group) is 1. The number of aromatic nitrogens is 2. The highest BCUT2D eigenvalue weighted by Crippen LogP contribution is 2.34. The van der Waals surface area contributed by atoms with E-state index < -0.39 is 20.5 Å². The van der Waals surface area contributed by atoms with Crippen molar-refractivity contribution in [2.24, 2.45) is 0 Å². The standard InChI is InChI=1S/C11H13F2N3O3S2.ClH/c1-6(14-2)5-8-15-10(19-16-8)9-7(3-4-20-9)21(17,18)11(12)13;/h3-4,6,11,14H,5H2,1-2H3;1H. The van der Waals surface area contributed by atoms with Gasteiger partial charge in [-0.25, -0.2) is 8.42 Å². The molecule has 0 aliphatic carbocycles. The Kier molecular flexibility index (Phi) is 6.41. The number of hydrogen-bond acceptors (Lipinski definition) is 7. The Labute approximate surface area is 136 Å². The number of nitrogens with zero attached hydrogens (tertiary/aromatic N) is 2. The van der Waals surface area contributed by atoms with Gasteiger partial charge in [0.1, 0.15) is 4.88 Å². The minimum Gasteiger partial charge on any atom is -0.333 e. The second-order valence-electron chi connectivity index (χ2n) is 4.33. The molecule has 2 heterocycles. The van der Waals surface area contributed by atoms with Crippen LogP contribution in [0.25, 0.3) is 10.8 Å². The quantitative estimate of drug-likeness (QED) is 0.836. The van der Waals surface area contributed by atoms with Crippen molar-refractivity contribution in [3.8, 4) is 10.8 Å². The SMILES string of the molecule is CNC(C)Cc1noc(-c2sccc2S(=O)(=O)C(F)F)n1.Cl. The molecule has 2 rings (SSSR count). The molecule has 11 heteroatoms. The molecule has 0 saturated carbocycles. The number of hydrogen-bond donors (Lipinski definition) is 1. The minimum atomic E-state index is -4.69. The molecule has 0 bridgehead atoms. The molecular formula is C11H14ClF2N3O3S2. The largest absolute Gasteiger partial charge is 0.341 e. The van der Waals surface area contributed by atoms with Crippen molar-refractivity contribution in [3.63, 3.8) is 0 Å². The molecule has 1 atom stereocenters. The van der Waals surface area contributed by atoms with Gasteiger partial charge in [-0.3, -0.25) is 0 Å². The molecular weight excluding hydrogens is 360 g/mol. The van der Waals surface area contributed by atoms with Crippen LogP contribution in [0.4, 0.5) is 8.78 Å². The van der Waals surface area contributed by atoms with E-state index in [1.807, 2.05) is 6.92 Å². The van der Waals surface area contributed by atoms with Gasteiger partial charge in [-0.2, -0.15) is 13.8 Å². The van der Waals surface area contributed by atoms with Crippen molar-refractivity contribution >= 4 is 33.6 Å². The van der Waals surface area contributed by atoms with Gasteiger partial charge in [-0.1, -0.05) is 5.16 Å². The minimum absolute atomic E-state index is 0. The molecule has 0 saturated heterocycles. The van der Waals surface area contributed by atoms with Gasteiger partial charge in [-0.05, 0) is 25.4 Å². The van der Waals surface area contributed by atoms with Crippen molar-refractivity contribution < 1.29 is 21.7 Å². The second-order valence-corrected chi connectivity index (χ2v) is 7.13. The topological polar surface area (TPSA) is 85.1 Å². The van der Waals surface area contributed by atoms with E-state index in [1.165, 1.54) is 5.38 Å². The highest BCUT2D eigenvalue weighted by molar-refractivity contribution is 7.92. The molecule has 0 aromatic carbocycles. The summed E-state index contributed by atoms with van der Waals surface area (Å²) >= 11 is 0.961. The lowest BCUT2D eigenvalue weighted by molar-refractivity contribution is 0.235. The maximum Gasteiger partial charge on any atom is 0.341 e. The van der Waals surface area contributed by atoms with Gasteiger partial charge in [0.05, 0.1) is 4.90 Å². The molecule has 22 heavy (non-hydrogen) atoms. The Bertz CT molecular complexity index is 718. The van der Waals surface area contributed by atoms with E-state index in [1.54, 1.807) is 7.05 Å². The number of sulfone groups is 1. The van der Waals surface area contributed by atoms with Crippen LogP contribution >= 0.6 is 23.7 Å². The molecule has 0 amide bonds. The third kappa shape index (κ3) is 3.80. The Hall–Kier alpha value is -1.10.